The van der Waals surface area contributed by atoms with Gasteiger partial charge in [0.05, 0.1) is 45.2 Å². The summed E-state index contributed by atoms with van der Waals surface area (Å²) in [5, 5.41) is 11.9. The Hall–Kier alpha value is -7.88. The van der Waals surface area contributed by atoms with Gasteiger partial charge in [0.2, 0.25) is 0 Å². The zero-order chi connectivity index (χ0) is 37.8. The smallest absolute Gasteiger partial charge is 0.268 e. The number of pyridine rings is 1. The average Bonchev–Trinajstić information content (AvgIpc) is 3.74. The van der Waals surface area contributed by atoms with Gasteiger partial charge in [-0.3, -0.25) is 14.6 Å². The number of fused-ring (bicyclic) bond motifs is 4. The van der Waals surface area contributed by atoms with Gasteiger partial charge in [0, 0.05) is 39.9 Å². The minimum atomic E-state index is -0.400. The topological polar surface area (TPSA) is 79.0 Å². The van der Waals surface area contributed by atoms with E-state index < -0.39 is 5.91 Å². The Kier molecular flexibility index (Phi) is 7.72. The summed E-state index contributed by atoms with van der Waals surface area (Å²) in [5.41, 5.74) is 10.9. The molecule has 2 aromatic heterocycles. The quantitative estimate of drug-likeness (QED) is 0.160. The minimum absolute atomic E-state index is 0.329. The number of carbonyl (C=O) groups is 2. The van der Waals surface area contributed by atoms with Gasteiger partial charge in [-0.2, -0.15) is 5.26 Å². The van der Waals surface area contributed by atoms with Crippen LogP contribution in [0.1, 0.15) is 26.3 Å². The molecule has 262 valence electrons. The van der Waals surface area contributed by atoms with Gasteiger partial charge >= 0.3 is 0 Å². The fourth-order valence-corrected chi connectivity index (χ4v) is 8.22. The van der Waals surface area contributed by atoms with Crippen LogP contribution in [0.2, 0.25) is 0 Å². The molecule has 10 rings (SSSR count). The maximum atomic E-state index is 15.3. The number of carbonyl (C=O) groups excluding carboxylic acids is 2. The maximum absolute atomic E-state index is 15.3. The van der Waals surface area contributed by atoms with Gasteiger partial charge in [-0.25, -0.2) is 4.90 Å². The van der Waals surface area contributed by atoms with E-state index in [1.807, 2.05) is 127 Å². The van der Waals surface area contributed by atoms with E-state index >= 15 is 4.79 Å². The van der Waals surface area contributed by atoms with Crippen LogP contribution in [0.3, 0.4) is 0 Å². The highest BCUT2D eigenvalue weighted by Crippen LogP contribution is 2.47. The Balaban J connectivity index is 1.23. The van der Waals surface area contributed by atoms with Crippen molar-refractivity contribution < 1.29 is 9.59 Å². The van der Waals surface area contributed by atoms with Gasteiger partial charge in [-0.05, 0) is 70.3 Å². The summed E-state index contributed by atoms with van der Waals surface area (Å²) >= 11 is 0. The highest BCUT2D eigenvalue weighted by atomic mass is 16.2. The molecule has 7 aromatic carbocycles. The molecule has 0 unspecified atom stereocenters. The third-order valence-electron chi connectivity index (χ3n) is 10.7. The number of rotatable bonds is 6. The van der Waals surface area contributed by atoms with Crippen LogP contribution >= 0.6 is 0 Å². The molecule has 6 heteroatoms. The Morgan fingerprint density at radius 1 is 0.500 bits per heavy atom. The van der Waals surface area contributed by atoms with Crippen LogP contribution in [0, 0.1) is 11.3 Å². The molecule has 0 atom stereocenters. The number of hydrogen-bond acceptors (Lipinski definition) is 4. The van der Waals surface area contributed by atoms with Crippen LogP contribution in [-0.2, 0) is 0 Å². The third-order valence-corrected chi connectivity index (χ3v) is 10.7. The molecule has 2 amide bonds. The number of imide groups is 1. The van der Waals surface area contributed by atoms with Gasteiger partial charge in [0.1, 0.15) is 0 Å². The van der Waals surface area contributed by atoms with Crippen LogP contribution in [-0.4, -0.2) is 21.4 Å². The van der Waals surface area contributed by atoms with E-state index in [1.165, 1.54) is 4.90 Å². The fraction of sp³-hybridized carbons (Fsp3) is 0. The molecule has 0 saturated heterocycles. The van der Waals surface area contributed by atoms with Crippen LogP contribution in [0.5, 0.6) is 0 Å². The predicted octanol–water partition coefficient (Wildman–Crippen LogP) is 11.5. The lowest BCUT2D eigenvalue weighted by Gasteiger charge is -2.24. The predicted molar refractivity (Wildman–Crippen MR) is 223 cm³/mol. The van der Waals surface area contributed by atoms with Crippen LogP contribution in [0.4, 0.5) is 5.69 Å². The molecule has 56 heavy (non-hydrogen) atoms. The first kappa shape index (κ1) is 32.7. The van der Waals surface area contributed by atoms with Crippen molar-refractivity contribution in [2.45, 2.75) is 0 Å². The fourth-order valence-electron chi connectivity index (χ4n) is 8.22. The molecule has 0 saturated carbocycles. The van der Waals surface area contributed by atoms with E-state index in [0.717, 1.165) is 66.3 Å². The first-order valence-electron chi connectivity index (χ1n) is 18.4. The monoisotopic (exact) mass is 718 g/mol. The normalized spacial score (nSPS) is 12.3. The van der Waals surface area contributed by atoms with E-state index in [2.05, 4.69) is 46.0 Å². The lowest BCUT2D eigenvalue weighted by atomic mass is 9.90. The first-order chi connectivity index (χ1) is 27.6. The maximum Gasteiger partial charge on any atom is 0.268 e. The molecule has 0 fully saturated rings. The zero-order valence-corrected chi connectivity index (χ0v) is 29.9. The molecule has 3 heterocycles. The summed E-state index contributed by atoms with van der Waals surface area (Å²) in [6.07, 6.45) is 3.34. The summed E-state index contributed by atoms with van der Waals surface area (Å²) in [6.45, 7) is 0. The summed E-state index contributed by atoms with van der Waals surface area (Å²) in [7, 11) is 0. The number of aromatic nitrogens is 2. The minimum Gasteiger partial charge on any atom is -0.308 e. The van der Waals surface area contributed by atoms with Gasteiger partial charge in [0.15, 0.2) is 0 Å². The molecule has 0 aliphatic carbocycles. The standard InChI is InChI=1S/C50H30N4O2/c51-30-35-26-27-52-31-42(35)37-21-12-24-44-46(37)38-20-10-11-23-43(38)53(44)45-25-13-22-39-47(45)50(56)54(49(39)55)48-40(33-16-6-2-7-17-33)28-36(32-14-4-1-5-15-32)29-41(48)34-18-8-3-9-19-34/h1-29,31H. The van der Waals surface area contributed by atoms with Gasteiger partial charge in [0.25, 0.3) is 11.8 Å². The number of para-hydroxylation sites is 1. The van der Waals surface area contributed by atoms with Gasteiger partial charge in [-0.1, -0.05) is 127 Å². The van der Waals surface area contributed by atoms with Gasteiger partial charge in [-0.15, -0.1) is 0 Å². The Morgan fingerprint density at radius 2 is 1.09 bits per heavy atom. The second-order valence-corrected chi connectivity index (χ2v) is 13.7. The van der Waals surface area contributed by atoms with E-state index in [4.69, 9.17) is 0 Å². The summed E-state index contributed by atoms with van der Waals surface area (Å²) in [5.74, 6) is -0.785. The summed E-state index contributed by atoms with van der Waals surface area (Å²) in [6, 6.07) is 57.7. The highest BCUT2D eigenvalue weighted by Gasteiger charge is 2.42. The summed E-state index contributed by atoms with van der Waals surface area (Å²) < 4.78 is 2.07. The molecule has 0 spiro atoms. The van der Waals surface area contributed by atoms with Crippen molar-refractivity contribution in [3.05, 3.63) is 199 Å². The number of anilines is 1. The van der Waals surface area contributed by atoms with Crippen molar-refractivity contribution in [1.82, 2.24) is 9.55 Å². The molecular weight excluding hydrogens is 689 g/mol. The number of hydrogen-bond donors (Lipinski definition) is 0. The Labute approximate surface area is 322 Å². The lowest BCUT2D eigenvalue weighted by molar-refractivity contribution is 0.0926. The van der Waals surface area contributed by atoms with Crippen molar-refractivity contribution in [1.29, 1.82) is 5.26 Å². The van der Waals surface area contributed by atoms with Crippen molar-refractivity contribution in [2.75, 3.05) is 4.90 Å². The number of benzene rings is 7. The third kappa shape index (κ3) is 5.07. The largest absolute Gasteiger partial charge is 0.308 e. The first-order valence-corrected chi connectivity index (χ1v) is 18.4. The number of nitrogens with zero attached hydrogens (tertiary/aromatic N) is 4. The Bertz CT molecular complexity index is 3010. The van der Waals surface area contributed by atoms with Gasteiger partial charge < -0.3 is 4.57 Å². The molecule has 9 aromatic rings. The van der Waals surface area contributed by atoms with E-state index in [-0.39, 0.29) is 5.91 Å². The second kappa shape index (κ2) is 13.2. The van der Waals surface area contributed by atoms with Crippen molar-refractivity contribution in [3.8, 4) is 56.3 Å². The molecule has 1 aliphatic rings. The number of amides is 2. The molecule has 0 radical (unpaired) electrons. The average molecular weight is 719 g/mol. The van der Waals surface area contributed by atoms with E-state index in [0.29, 0.717) is 28.1 Å². The molecule has 0 bridgehead atoms. The van der Waals surface area contributed by atoms with E-state index in [1.54, 1.807) is 24.5 Å². The van der Waals surface area contributed by atoms with E-state index in [9.17, 15) is 10.1 Å². The summed E-state index contributed by atoms with van der Waals surface area (Å²) in [4.78, 5) is 36.0. The SMILES string of the molecule is N#Cc1ccncc1-c1cccc2c1c1ccccc1n2-c1cccc2c1C(=O)N(c1c(-c3ccccc3)cc(-c3ccccc3)cc1-c1ccccc1)C2=O. The highest BCUT2D eigenvalue weighted by molar-refractivity contribution is 6.37. The van der Waals surface area contributed by atoms with Crippen LogP contribution in [0.25, 0.3) is 72.0 Å². The Morgan fingerprint density at radius 3 is 1.77 bits per heavy atom. The molecular formula is C50H30N4O2. The lowest BCUT2D eigenvalue weighted by Crippen LogP contribution is -2.30. The van der Waals surface area contributed by atoms with Crippen molar-refractivity contribution >= 4 is 39.3 Å². The zero-order valence-electron chi connectivity index (χ0n) is 29.9. The van der Waals surface area contributed by atoms with Crippen molar-refractivity contribution in [3.63, 3.8) is 0 Å². The second-order valence-electron chi connectivity index (χ2n) is 13.7. The van der Waals surface area contributed by atoms with Crippen LogP contribution in [0.15, 0.2) is 182 Å². The molecule has 0 N–H and O–H groups in total. The van der Waals surface area contributed by atoms with Crippen LogP contribution < -0.4 is 4.90 Å². The van der Waals surface area contributed by atoms with Crippen molar-refractivity contribution in [2.24, 2.45) is 0 Å². The molecule has 1 aliphatic heterocycles. The number of nitriles is 1. The molecule has 6 nitrogen and oxygen atoms in total.